The third kappa shape index (κ3) is 3.30. The van der Waals surface area contributed by atoms with Gasteiger partial charge in [-0.05, 0) is 30.0 Å². The Hall–Kier alpha value is -0.560. The van der Waals surface area contributed by atoms with Gasteiger partial charge in [0.15, 0.2) is 0 Å². The Labute approximate surface area is 91.5 Å². The molecule has 0 aliphatic carbocycles. The summed E-state index contributed by atoms with van der Waals surface area (Å²) in [6.07, 6.45) is 7.18. The monoisotopic (exact) mass is 211 g/mol. The summed E-state index contributed by atoms with van der Waals surface area (Å²) in [5.41, 5.74) is 1.29. The number of hydrogen-bond acceptors (Lipinski definition) is 1. The van der Waals surface area contributed by atoms with Gasteiger partial charge < -0.3 is 0 Å². The minimum Gasteiger partial charge on any atom is -0.265 e. The summed E-state index contributed by atoms with van der Waals surface area (Å²) in [7, 11) is 0. The smallest absolute Gasteiger partial charge is 0.0402 e. The molecule has 1 rings (SSSR count). The molecule has 1 aromatic heterocycles. The normalized spacial score (nSPS) is 15.1. The van der Waals surface area contributed by atoms with Crippen molar-refractivity contribution >= 4 is 11.6 Å². The molecule has 0 fully saturated rings. The van der Waals surface area contributed by atoms with Crippen molar-refractivity contribution in [1.82, 2.24) is 4.98 Å². The summed E-state index contributed by atoms with van der Waals surface area (Å²) in [6, 6.07) is 4.10. The van der Waals surface area contributed by atoms with E-state index >= 15 is 0 Å². The molecule has 0 bridgehead atoms. The van der Waals surface area contributed by atoms with Crippen LogP contribution in [0.3, 0.4) is 0 Å². The van der Waals surface area contributed by atoms with Gasteiger partial charge in [0.1, 0.15) is 0 Å². The summed E-state index contributed by atoms with van der Waals surface area (Å²) >= 11 is 6.32. The number of pyridine rings is 1. The highest BCUT2D eigenvalue weighted by Gasteiger charge is 2.15. The highest BCUT2D eigenvalue weighted by atomic mass is 35.5. The lowest BCUT2D eigenvalue weighted by Crippen LogP contribution is -2.09. The van der Waals surface area contributed by atoms with Crippen molar-refractivity contribution in [2.45, 2.75) is 44.4 Å². The predicted molar refractivity (Wildman–Crippen MR) is 61.8 cm³/mol. The molecule has 14 heavy (non-hydrogen) atoms. The molecule has 2 unspecified atom stereocenters. The lowest BCUT2D eigenvalue weighted by atomic mass is 9.95. The molecule has 2 atom stereocenters. The van der Waals surface area contributed by atoms with Gasteiger partial charge in [0.25, 0.3) is 0 Å². The highest BCUT2D eigenvalue weighted by molar-refractivity contribution is 6.21. The van der Waals surface area contributed by atoms with Crippen LogP contribution in [0.5, 0.6) is 0 Å². The van der Waals surface area contributed by atoms with Crippen molar-refractivity contribution in [3.63, 3.8) is 0 Å². The zero-order valence-electron chi connectivity index (χ0n) is 8.91. The van der Waals surface area contributed by atoms with E-state index in [4.69, 9.17) is 11.6 Å². The number of aromatic nitrogens is 1. The van der Waals surface area contributed by atoms with E-state index in [0.29, 0.717) is 5.92 Å². The topological polar surface area (TPSA) is 12.9 Å². The maximum absolute atomic E-state index is 6.32. The summed E-state index contributed by atoms with van der Waals surface area (Å²) in [5, 5.41) is 0.248. The van der Waals surface area contributed by atoms with Gasteiger partial charge in [-0.1, -0.05) is 26.7 Å². The molecule has 0 saturated carbocycles. The van der Waals surface area contributed by atoms with Crippen LogP contribution < -0.4 is 0 Å². The molecule has 0 saturated heterocycles. The molecule has 1 heterocycles. The molecule has 1 nitrogen and oxygen atoms in total. The summed E-state index contributed by atoms with van der Waals surface area (Å²) in [6.45, 7) is 4.38. The molecule has 2 heteroatoms. The highest BCUT2D eigenvalue weighted by Crippen LogP contribution is 2.26. The number of rotatable bonds is 5. The first-order valence-electron chi connectivity index (χ1n) is 5.29. The van der Waals surface area contributed by atoms with Crippen molar-refractivity contribution in [2.24, 2.45) is 0 Å². The average molecular weight is 212 g/mol. The predicted octanol–water partition coefficient (Wildman–Crippen LogP) is 3.98. The van der Waals surface area contributed by atoms with Gasteiger partial charge in [-0.2, -0.15) is 0 Å². The minimum absolute atomic E-state index is 0.248. The molecule has 0 radical (unpaired) electrons. The fourth-order valence-corrected chi connectivity index (χ4v) is 1.82. The van der Waals surface area contributed by atoms with Crippen LogP contribution in [-0.4, -0.2) is 10.4 Å². The number of hydrogen-bond donors (Lipinski definition) is 0. The SMILES string of the molecule is CCCCC(Cl)C(C)c1ccncc1. The average Bonchev–Trinajstić information content (AvgIpc) is 2.26. The van der Waals surface area contributed by atoms with Gasteiger partial charge >= 0.3 is 0 Å². The Kier molecular flexibility index (Phi) is 4.95. The van der Waals surface area contributed by atoms with Crippen LogP contribution in [0.4, 0.5) is 0 Å². The molecule has 0 aliphatic heterocycles. The van der Waals surface area contributed by atoms with Crippen molar-refractivity contribution in [3.05, 3.63) is 30.1 Å². The van der Waals surface area contributed by atoms with Crippen LogP contribution in [0.15, 0.2) is 24.5 Å². The van der Waals surface area contributed by atoms with Crippen LogP contribution in [0.1, 0.15) is 44.6 Å². The first-order chi connectivity index (χ1) is 6.75. The van der Waals surface area contributed by atoms with Crippen molar-refractivity contribution in [3.8, 4) is 0 Å². The maximum atomic E-state index is 6.32. The molecule has 0 aromatic carbocycles. The second kappa shape index (κ2) is 6.02. The van der Waals surface area contributed by atoms with E-state index < -0.39 is 0 Å². The first-order valence-corrected chi connectivity index (χ1v) is 5.73. The first kappa shape index (κ1) is 11.5. The maximum Gasteiger partial charge on any atom is 0.0402 e. The molecule has 0 amide bonds. The van der Waals surface area contributed by atoms with E-state index in [2.05, 4.69) is 18.8 Å². The van der Waals surface area contributed by atoms with Crippen molar-refractivity contribution in [2.75, 3.05) is 0 Å². The lowest BCUT2D eigenvalue weighted by molar-refractivity contribution is 0.606. The second-order valence-corrected chi connectivity index (χ2v) is 4.29. The van der Waals surface area contributed by atoms with E-state index in [9.17, 15) is 0 Å². The van der Waals surface area contributed by atoms with Crippen LogP contribution >= 0.6 is 11.6 Å². The summed E-state index contributed by atoms with van der Waals surface area (Å²) in [4.78, 5) is 4.01. The standard InChI is InChI=1S/C12H18ClN/c1-3-4-5-12(13)10(2)11-6-8-14-9-7-11/h6-10,12H,3-5H2,1-2H3. The molecule has 1 aromatic rings. The number of unbranched alkanes of at least 4 members (excludes halogenated alkanes) is 1. The van der Waals surface area contributed by atoms with E-state index in [1.807, 2.05) is 24.5 Å². The van der Waals surface area contributed by atoms with Gasteiger partial charge in [0, 0.05) is 17.8 Å². The number of alkyl halides is 1. The fourth-order valence-electron chi connectivity index (χ4n) is 1.52. The Morgan fingerprint density at radius 3 is 2.57 bits per heavy atom. The van der Waals surface area contributed by atoms with E-state index in [-0.39, 0.29) is 5.38 Å². The molecular weight excluding hydrogens is 194 g/mol. The second-order valence-electron chi connectivity index (χ2n) is 3.73. The van der Waals surface area contributed by atoms with Gasteiger partial charge in [0.2, 0.25) is 0 Å². The third-order valence-electron chi connectivity index (χ3n) is 2.61. The van der Waals surface area contributed by atoms with Gasteiger partial charge in [-0.3, -0.25) is 4.98 Å². The van der Waals surface area contributed by atoms with E-state index in [1.54, 1.807) is 0 Å². The van der Waals surface area contributed by atoms with Crippen molar-refractivity contribution < 1.29 is 0 Å². The zero-order valence-corrected chi connectivity index (χ0v) is 9.67. The van der Waals surface area contributed by atoms with Crippen LogP contribution in [-0.2, 0) is 0 Å². The summed E-state index contributed by atoms with van der Waals surface area (Å²) in [5.74, 6) is 0.422. The fraction of sp³-hybridized carbons (Fsp3) is 0.583. The van der Waals surface area contributed by atoms with E-state index in [0.717, 1.165) is 6.42 Å². The van der Waals surface area contributed by atoms with E-state index in [1.165, 1.54) is 18.4 Å². The third-order valence-corrected chi connectivity index (χ3v) is 3.20. The largest absolute Gasteiger partial charge is 0.265 e. The Morgan fingerprint density at radius 2 is 2.00 bits per heavy atom. The van der Waals surface area contributed by atoms with Gasteiger partial charge in [0.05, 0.1) is 0 Å². The zero-order chi connectivity index (χ0) is 10.4. The minimum atomic E-state index is 0.248. The van der Waals surface area contributed by atoms with Crippen molar-refractivity contribution in [1.29, 1.82) is 0 Å². The molecule has 0 aliphatic rings. The Balaban J connectivity index is 2.52. The lowest BCUT2D eigenvalue weighted by Gasteiger charge is -2.17. The van der Waals surface area contributed by atoms with Crippen LogP contribution in [0.25, 0.3) is 0 Å². The summed E-state index contributed by atoms with van der Waals surface area (Å²) < 4.78 is 0. The Morgan fingerprint density at radius 1 is 1.36 bits per heavy atom. The molecule has 0 N–H and O–H groups in total. The molecular formula is C12H18ClN. The van der Waals surface area contributed by atoms with Crippen LogP contribution in [0, 0.1) is 0 Å². The van der Waals surface area contributed by atoms with Gasteiger partial charge in [-0.15, -0.1) is 11.6 Å². The number of nitrogens with zero attached hydrogens (tertiary/aromatic N) is 1. The van der Waals surface area contributed by atoms with Gasteiger partial charge in [-0.25, -0.2) is 0 Å². The van der Waals surface area contributed by atoms with Crippen LogP contribution in [0.2, 0.25) is 0 Å². The Bertz CT molecular complexity index is 248. The quantitative estimate of drug-likeness (QED) is 0.672. The number of halogens is 1. The molecule has 0 spiro atoms. The molecule has 78 valence electrons.